The average Bonchev–Trinajstić information content (AvgIpc) is 2.37. The molecule has 0 fully saturated rings. The van der Waals surface area contributed by atoms with Crippen LogP contribution in [0.5, 0.6) is 0 Å². The quantitative estimate of drug-likeness (QED) is 0.586. The van der Waals surface area contributed by atoms with Gasteiger partial charge in [-0.2, -0.15) is 0 Å². The third-order valence-electron chi connectivity index (χ3n) is 5.80. The van der Waals surface area contributed by atoms with Crippen LogP contribution in [0, 0.1) is 18.3 Å². The summed E-state index contributed by atoms with van der Waals surface area (Å²) in [6.45, 7) is 11.9. The van der Waals surface area contributed by atoms with Crippen LogP contribution < -0.4 is 0 Å². The Morgan fingerprint density at radius 2 is 1.95 bits per heavy atom. The first-order valence-electron chi connectivity index (χ1n) is 8.72. The topological polar surface area (TPSA) is 0 Å². The first kappa shape index (κ1) is 14.9. The van der Waals surface area contributed by atoms with E-state index in [-0.39, 0.29) is 0 Å². The number of benzene rings is 1. The molecule has 0 N–H and O–H groups in total. The molecule has 2 aliphatic rings. The maximum atomic E-state index is 2.58. The Bertz CT molecular complexity index is 574. The Morgan fingerprint density at radius 3 is 2.67 bits per heavy atom. The van der Waals surface area contributed by atoms with Crippen LogP contribution in [0.2, 0.25) is 0 Å². The zero-order valence-corrected chi connectivity index (χ0v) is 14.4. The summed E-state index contributed by atoms with van der Waals surface area (Å²) in [4.78, 5) is 0. The highest BCUT2D eigenvalue weighted by Gasteiger charge is 2.42. The Labute approximate surface area is 130 Å². The van der Waals surface area contributed by atoms with Gasteiger partial charge in [0.15, 0.2) is 0 Å². The molecule has 1 aromatic rings. The molecule has 0 saturated carbocycles. The molecule has 0 aliphatic heterocycles. The first-order chi connectivity index (χ1) is 9.92. The number of rotatable bonds is 2. The van der Waals surface area contributed by atoms with E-state index in [1.807, 2.05) is 0 Å². The average molecular weight is 282 g/mol. The molecule has 2 unspecified atom stereocenters. The SMILES string of the molecule is CCCc1cc(C)c2c(c1)CC(C)(C)C1CCC(C)=CC21. The highest BCUT2D eigenvalue weighted by atomic mass is 14.5. The molecular weight excluding hydrogens is 252 g/mol. The van der Waals surface area contributed by atoms with Crippen LogP contribution in [0.25, 0.3) is 0 Å². The molecule has 0 nitrogen and oxygen atoms in total. The lowest BCUT2D eigenvalue weighted by atomic mass is 9.57. The molecule has 0 heteroatoms. The largest absolute Gasteiger partial charge is 0.0778 e. The molecule has 2 aliphatic carbocycles. The lowest BCUT2D eigenvalue weighted by Gasteiger charge is -2.47. The first-order valence-corrected chi connectivity index (χ1v) is 8.72. The number of hydrogen-bond acceptors (Lipinski definition) is 0. The van der Waals surface area contributed by atoms with Crippen molar-refractivity contribution in [3.8, 4) is 0 Å². The summed E-state index contributed by atoms with van der Waals surface area (Å²) in [5.74, 6) is 1.48. The van der Waals surface area contributed by atoms with Gasteiger partial charge in [0.1, 0.15) is 0 Å². The van der Waals surface area contributed by atoms with Gasteiger partial charge < -0.3 is 0 Å². The second-order valence-electron chi connectivity index (χ2n) is 8.08. The van der Waals surface area contributed by atoms with Gasteiger partial charge in [0.2, 0.25) is 0 Å². The van der Waals surface area contributed by atoms with Crippen molar-refractivity contribution in [3.05, 3.63) is 46.0 Å². The molecule has 114 valence electrons. The van der Waals surface area contributed by atoms with Crippen molar-refractivity contribution in [2.45, 2.75) is 72.6 Å². The van der Waals surface area contributed by atoms with E-state index < -0.39 is 0 Å². The fourth-order valence-corrected chi connectivity index (χ4v) is 4.86. The van der Waals surface area contributed by atoms with E-state index in [4.69, 9.17) is 0 Å². The monoisotopic (exact) mass is 282 g/mol. The summed E-state index contributed by atoms with van der Waals surface area (Å²) in [6, 6.07) is 4.97. The van der Waals surface area contributed by atoms with E-state index in [1.165, 1.54) is 37.7 Å². The van der Waals surface area contributed by atoms with Crippen molar-refractivity contribution in [3.63, 3.8) is 0 Å². The van der Waals surface area contributed by atoms with Gasteiger partial charge in [-0.25, -0.2) is 0 Å². The van der Waals surface area contributed by atoms with Gasteiger partial charge in [0.25, 0.3) is 0 Å². The molecule has 0 bridgehead atoms. The van der Waals surface area contributed by atoms with Crippen LogP contribution >= 0.6 is 0 Å². The van der Waals surface area contributed by atoms with Crippen molar-refractivity contribution < 1.29 is 0 Å². The third kappa shape index (κ3) is 2.58. The maximum absolute atomic E-state index is 2.58. The second kappa shape index (κ2) is 5.30. The molecule has 1 aromatic carbocycles. The van der Waals surface area contributed by atoms with Gasteiger partial charge in [0, 0.05) is 5.92 Å². The summed E-state index contributed by atoms with van der Waals surface area (Å²) >= 11 is 0. The van der Waals surface area contributed by atoms with Crippen LogP contribution in [-0.4, -0.2) is 0 Å². The van der Waals surface area contributed by atoms with Gasteiger partial charge in [0.05, 0.1) is 0 Å². The van der Waals surface area contributed by atoms with Crippen LogP contribution in [0.4, 0.5) is 0 Å². The highest BCUT2D eigenvalue weighted by molar-refractivity contribution is 5.47. The van der Waals surface area contributed by atoms with E-state index in [9.17, 15) is 0 Å². The van der Waals surface area contributed by atoms with Crippen LogP contribution in [-0.2, 0) is 12.8 Å². The van der Waals surface area contributed by atoms with Gasteiger partial charge in [-0.05, 0) is 73.1 Å². The molecule has 2 atom stereocenters. The summed E-state index contributed by atoms with van der Waals surface area (Å²) in [6.07, 6.45) is 8.97. The van der Waals surface area contributed by atoms with E-state index in [2.05, 4.69) is 52.8 Å². The fraction of sp³-hybridized carbons (Fsp3) is 0.619. The Kier molecular flexibility index (Phi) is 3.76. The van der Waals surface area contributed by atoms with Crippen molar-refractivity contribution >= 4 is 0 Å². The second-order valence-corrected chi connectivity index (χ2v) is 8.08. The summed E-state index contributed by atoms with van der Waals surface area (Å²) in [5, 5.41) is 0. The van der Waals surface area contributed by atoms with E-state index in [0.717, 1.165) is 5.92 Å². The van der Waals surface area contributed by atoms with Crippen molar-refractivity contribution in [2.24, 2.45) is 11.3 Å². The number of hydrogen-bond donors (Lipinski definition) is 0. The standard InChI is InChI=1S/C21H30/c1-6-7-16-11-15(3)20-17(12-16)13-21(4,5)19-9-8-14(2)10-18(19)20/h10-12,18-19H,6-9,13H2,1-5H3. The number of fused-ring (bicyclic) bond motifs is 3. The number of allylic oxidation sites excluding steroid dienone is 2. The Hall–Kier alpha value is -1.04. The fourth-order valence-electron chi connectivity index (χ4n) is 4.86. The van der Waals surface area contributed by atoms with Gasteiger partial charge in [-0.1, -0.05) is 51.0 Å². The molecule has 0 saturated heterocycles. The van der Waals surface area contributed by atoms with E-state index >= 15 is 0 Å². The molecular formula is C21H30. The minimum atomic E-state index is 0.437. The molecule has 0 radical (unpaired) electrons. The van der Waals surface area contributed by atoms with Crippen molar-refractivity contribution in [1.29, 1.82) is 0 Å². The molecule has 3 rings (SSSR count). The molecule has 0 spiro atoms. The van der Waals surface area contributed by atoms with Crippen LogP contribution in [0.3, 0.4) is 0 Å². The van der Waals surface area contributed by atoms with E-state index in [0.29, 0.717) is 11.3 Å². The minimum absolute atomic E-state index is 0.437. The lowest BCUT2D eigenvalue weighted by molar-refractivity contribution is 0.157. The maximum Gasteiger partial charge on any atom is 0.00595 e. The Balaban J connectivity index is 2.13. The lowest BCUT2D eigenvalue weighted by Crippen LogP contribution is -2.37. The van der Waals surface area contributed by atoms with E-state index in [1.54, 1.807) is 22.3 Å². The normalized spacial score (nSPS) is 26.8. The van der Waals surface area contributed by atoms with Crippen LogP contribution in [0.15, 0.2) is 23.8 Å². The van der Waals surface area contributed by atoms with Gasteiger partial charge >= 0.3 is 0 Å². The summed E-state index contributed by atoms with van der Waals surface area (Å²) in [5.41, 5.74) is 8.41. The highest BCUT2D eigenvalue weighted by Crippen LogP contribution is 2.53. The Morgan fingerprint density at radius 1 is 1.19 bits per heavy atom. The van der Waals surface area contributed by atoms with Gasteiger partial charge in [-0.3, -0.25) is 0 Å². The zero-order chi connectivity index (χ0) is 15.2. The smallest absolute Gasteiger partial charge is 0.00595 e. The molecule has 21 heavy (non-hydrogen) atoms. The minimum Gasteiger partial charge on any atom is -0.0778 e. The zero-order valence-electron chi connectivity index (χ0n) is 14.4. The molecule has 0 aromatic heterocycles. The predicted molar refractivity (Wildman–Crippen MR) is 91.9 cm³/mol. The van der Waals surface area contributed by atoms with Crippen molar-refractivity contribution in [1.82, 2.24) is 0 Å². The van der Waals surface area contributed by atoms with Crippen molar-refractivity contribution in [2.75, 3.05) is 0 Å². The third-order valence-corrected chi connectivity index (χ3v) is 5.80. The van der Waals surface area contributed by atoms with Gasteiger partial charge in [-0.15, -0.1) is 0 Å². The molecule has 0 amide bonds. The summed E-state index contributed by atoms with van der Waals surface area (Å²) in [7, 11) is 0. The predicted octanol–water partition coefficient (Wildman–Crippen LogP) is 5.97. The van der Waals surface area contributed by atoms with Crippen LogP contribution in [0.1, 0.15) is 75.1 Å². The number of aryl methyl sites for hydroxylation is 2. The molecule has 0 heterocycles. The summed E-state index contributed by atoms with van der Waals surface area (Å²) < 4.78 is 0.